The Morgan fingerprint density at radius 1 is 1.15 bits per heavy atom. The van der Waals surface area contributed by atoms with E-state index in [1.165, 1.54) is 29.2 Å². The average molecular weight is 409 g/mol. The third-order valence-electron chi connectivity index (χ3n) is 3.28. The van der Waals surface area contributed by atoms with Gasteiger partial charge in [0.15, 0.2) is 4.34 Å². The molecular formula is C17H14ClFN4OS2. The number of nitrogens with one attached hydrogen (secondary N) is 2. The molecule has 2 aromatic carbocycles. The van der Waals surface area contributed by atoms with Gasteiger partial charge in [-0.15, -0.1) is 10.2 Å². The second-order valence-electron chi connectivity index (χ2n) is 5.13. The normalized spacial score (nSPS) is 10.5. The van der Waals surface area contributed by atoms with E-state index >= 15 is 0 Å². The van der Waals surface area contributed by atoms with E-state index in [1.807, 2.05) is 18.2 Å². The van der Waals surface area contributed by atoms with Crippen LogP contribution in [0.2, 0.25) is 5.02 Å². The Kier molecular flexibility index (Phi) is 6.43. The Morgan fingerprint density at radius 3 is 2.73 bits per heavy atom. The zero-order valence-corrected chi connectivity index (χ0v) is 15.8. The molecule has 0 saturated heterocycles. The zero-order valence-electron chi connectivity index (χ0n) is 13.4. The van der Waals surface area contributed by atoms with Gasteiger partial charge in [0.1, 0.15) is 5.82 Å². The van der Waals surface area contributed by atoms with Gasteiger partial charge in [0.2, 0.25) is 11.0 Å². The molecule has 3 rings (SSSR count). The minimum atomic E-state index is -0.365. The maximum atomic E-state index is 13.6. The van der Waals surface area contributed by atoms with Crippen LogP contribution in [0.15, 0.2) is 52.9 Å². The van der Waals surface area contributed by atoms with Gasteiger partial charge in [-0.1, -0.05) is 65.0 Å². The lowest BCUT2D eigenvalue weighted by atomic mass is 10.2. The van der Waals surface area contributed by atoms with E-state index in [-0.39, 0.29) is 17.5 Å². The molecule has 26 heavy (non-hydrogen) atoms. The summed E-state index contributed by atoms with van der Waals surface area (Å²) in [6.07, 6.45) is 0. The number of amides is 1. The minimum absolute atomic E-state index is 0.131. The van der Waals surface area contributed by atoms with Crippen LogP contribution < -0.4 is 10.6 Å². The van der Waals surface area contributed by atoms with Crippen LogP contribution in [0, 0.1) is 5.82 Å². The Balaban J connectivity index is 1.48. The number of para-hydroxylation sites is 1. The Morgan fingerprint density at radius 2 is 1.92 bits per heavy atom. The maximum absolute atomic E-state index is 13.6. The molecule has 0 spiro atoms. The molecule has 0 fully saturated rings. The van der Waals surface area contributed by atoms with Crippen molar-refractivity contribution >= 4 is 51.4 Å². The molecule has 134 valence electrons. The summed E-state index contributed by atoms with van der Waals surface area (Å²) in [5.41, 5.74) is 1.19. The van der Waals surface area contributed by atoms with Crippen molar-refractivity contribution in [1.82, 2.24) is 15.5 Å². The zero-order chi connectivity index (χ0) is 18.4. The van der Waals surface area contributed by atoms with Crippen LogP contribution in [0.1, 0.15) is 5.56 Å². The minimum Gasteiger partial charge on any atom is -0.351 e. The third-order valence-corrected chi connectivity index (χ3v) is 5.62. The highest BCUT2D eigenvalue weighted by atomic mass is 35.5. The smallest absolute Gasteiger partial charge is 0.230 e. The van der Waals surface area contributed by atoms with Gasteiger partial charge in [0.05, 0.1) is 11.4 Å². The highest BCUT2D eigenvalue weighted by Crippen LogP contribution is 2.28. The molecule has 1 heterocycles. The number of thioether (sulfide) groups is 1. The van der Waals surface area contributed by atoms with E-state index in [4.69, 9.17) is 11.6 Å². The van der Waals surface area contributed by atoms with Crippen molar-refractivity contribution in [2.24, 2.45) is 0 Å². The lowest BCUT2D eigenvalue weighted by Crippen LogP contribution is -2.24. The molecule has 0 atom stereocenters. The van der Waals surface area contributed by atoms with E-state index in [0.717, 1.165) is 5.56 Å². The van der Waals surface area contributed by atoms with Crippen LogP contribution >= 0.6 is 34.7 Å². The lowest BCUT2D eigenvalue weighted by Gasteiger charge is -2.06. The first-order chi connectivity index (χ1) is 12.6. The van der Waals surface area contributed by atoms with Gasteiger partial charge in [-0.05, 0) is 23.8 Å². The van der Waals surface area contributed by atoms with Gasteiger partial charge in [-0.25, -0.2) is 4.39 Å². The van der Waals surface area contributed by atoms with Crippen LogP contribution in [-0.2, 0) is 11.3 Å². The first-order valence-electron chi connectivity index (χ1n) is 7.60. The summed E-state index contributed by atoms with van der Waals surface area (Å²) in [6, 6.07) is 13.7. The first kappa shape index (κ1) is 18.6. The van der Waals surface area contributed by atoms with E-state index < -0.39 is 0 Å². The number of hydrogen-bond donors (Lipinski definition) is 2. The summed E-state index contributed by atoms with van der Waals surface area (Å²) < 4.78 is 14.2. The molecule has 1 aromatic heterocycles. The first-order valence-corrected chi connectivity index (χ1v) is 9.78. The summed E-state index contributed by atoms with van der Waals surface area (Å²) in [5.74, 6) is -0.289. The van der Waals surface area contributed by atoms with Crippen LogP contribution in [0.5, 0.6) is 0 Å². The van der Waals surface area contributed by atoms with Crippen molar-refractivity contribution < 1.29 is 9.18 Å². The second-order valence-corrected chi connectivity index (χ2v) is 7.74. The monoisotopic (exact) mass is 408 g/mol. The van der Waals surface area contributed by atoms with Gasteiger partial charge in [0.25, 0.3) is 0 Å². The molecular weight excluding hydrogens is 395 g/mol. The van der Waals surface area contributed by atoms with Crippen molar-refractivity contribution in [1.29, 1.82) is 0 Å². The van der Waals surface area contributed by atoms with Gasteiger partial charge < -0.3 is 10.6 Å². The number of aromatic nitrogens is 2. The number of halogens is 2. The molecule has 0 bridgehead atoms. The number of carbonyl (C=O) groups excluding carboxylic acids is 1. The number of carbonyl (C=O) groups is 1. The average Bonchev–Trinajstić information content (AvgIpc) is 3.09. The molecule has 0 aliphatic heterocycles. The number of anilines is 2. The Hall–Kier alpha value is -2.16. The standard InChI is InChI=1S/C17H14ClFN4OS2/c18-12-6-2-1-5-11(12)9-20-15(24)10-25-17-23-22-16(26-17)21-14-8-4-3-7-13(14)19/h1-8H,9-10H2,(H,20,24)(H,21,22). The van der Waals surface area contributed by atoms with Gasteiger partial charge >= 0.3 is 0 Å². The van der Waals surface area contributed by atoms with E-state index in [1.54, 1.807) is 24.3 Å². The lowest BCUT2D eigenvalue weighted by molar-refractivity contribution is -0.118. The van der Waals surface area contributed by atoms with Crippen molar-refractivity contribution in [3.8, 4) is 0 Å². The maximum Gasteiger partial charge on any atom is 0.230 e. The van der Waals surface area contributed by atoms with Crippen molar-refractivity contribution in [3.05, 3.63) is 64.9 Å². The van der Waals surface area contributed by atoms with Gasteiger partial charge in [0, 0.05) is 11.6 Å². The quantitative estimate of drug-likeness (QED) is 0.564. The van der Waals surface area contributed by atoms with Gasteiger partial charge in [-0.2, -0.15) is 0 Å². The molecule has 0 aliphatic carbocycles. The summed E-state index contributed by atoms with van der Waals surface area (Å²) in [7, 11) is 0. The fourth-order valence-electron chi connectivity index (χ4n) is 2.01. The molecule has 9 heteroatoms. The fourth-order valence-corrected chi connectivity index (χ4v) is 3.81. The van der Waals surface area contributed by atoms with E-state index in [9.17, 15) is 9.18 Å². The summed E-state index contributed by atoms with van der Waals surface area (Å²) in [4.78, 5) is 12.0. The summed E-state index contributed by atoms with van der Waals surface area (Å²) >= 11 is 8.58. The van der Waals surface area contributed by atoms with Crippen LogP contribution in [-0.4, -0.2) is 21.9 Å². The van der Waals surface area contributed by atoms with Gasteiger partial charge in [-0.3, -0.25) is 4.79 Å². The number of nitrogens with zero attached hydrogens (tertiary/aromatic N) is 2. The molecule has 0 unspecified atom stereocenters. The summed E-state index contributed by atoms with van der Waals surface area (Å²) in [6.45, 7) is 0.370. The van der Waals surface area contributed by atoms with Crippen molar-refractivity contribution in [3.63, 3.8) is 0 Å². The number of benzene rings is 2. The Bertz CT molecular complexity index is 906. The van der Waals surface area contributed by atoms with E-state index in [0.29, 0.717) is 26.7 Å². The molecule has 0 radical (unpaired) electrons. The second kappa shape index (κ2) is 8.98. The molecule has 0 saturated carbocycles. The van der Waals surface area contributed by atoms with Crippen LogP contribution in [0.4, 0.5) is 15.2 Å². The van der Waals surface area contributed by atoms with Crippen LogP contribution in [0.25, 0.3) is 0 Å². The molecule has 3 aromatic rings. The molecule has 5 nitrogen and oxygen atoms in total. The van der Waals surface area contributed by atoms with Crippen molar-refractivity contribution in [2.45, 2.75) is 10.9 Å². The van der Waals surface area contributed by atoms with Crippen molar-refractivity contribution in [2.75, 3.05) is 11.1 Å². The third kappa shape index (κ3) is 5.17. The highest BCUT2D eigenvalue weighted by Gasteiger charge is 2.10. The fraction of sp³-hybridized carbons (Fsp3) is 0.118. The topological polar surface area (TPSA) is 66.9 Å². The van der Waals surface area contributed by atoms with Crippen LogP contribution in [0.3, 0.4) is 0 Å². The predicted octanol–water partition coefficient (Wildman–Crippen LogP) is 4.48. The largest absolute Gasteiger partial charge is 0.351 e. The Labute approximate surface area is 163 Å². The molecule has 0 aliphatic rings. The molecule has 2 N–H and O–H groups in total. The molecule has 1 amide bonds. The SMILES string of the molecule is O=C(CSc1nnc(Nc2ccccc2F)s1)NCc1ccccc1Cl. The number of hydrogen-bond acceptors (Lipinski definition) is 6. The predicted molar refractivity (Wildman–Crippen MR) is 104 cm³/mol. The highest BCUT2D eigenvalue weighted by molar-refractivity contribution is 8.01. The number of rotatable bonds is 7. The summed E-state index contributed by atoms with van der Waals surface area (Å²) in [5, 5.41) is 14.7. The van der Waals surface area contributed by atoms with E-state index in [2.05, 4.69) is 20.8 Å².